The summed E-state index contributed by atoms with van der Waals surface area (Å²) < 4.78 is 30.9. The van der Waals surface area contributed by atoms with Crippen LogP contribution in [0.25, 0.3) is 0 Å². The van der Waals surface area contributed by atoms with Crippen LogP contribution in [-0.2, 0) is 21.4 Å². The van der Waals surface area contributed by atoms with Crippen molar-refractivity contribution in [2.75, 3.05) is 23.7 Å². The lowest BCUT2D eigenvalue weighted by Crippen LogP contribution is -2.50. The Bertz CT molecular complexity index is 709. The van der Waals surface area contributed by atoms with E-state index < -0.39 is 10.0 Å². The predicted octanol–water partition coefficient (Wildman–Crippen LogP) is 2.12. The molecule has 1 aromatic rings. The highest BCUT2D eigenvalue weighted by atomic mass is 32.2. The third kappa shape index (κ3) is 3.11. The van der Waals surface area contributed by atoms with Crippen LogP contribution in [0.3, 0.4) is 0 Å². The second-order valence-electron chi connectivity index (χ2n) is 5.75. The van der Waals surface area contributed by atoms with Crippen molar-refractivity contribution >= 4 is 21.8 Å². The maximum absolute atomic E-state index is 12.2. The molecule has 0 spiro atoms. The van der Waals surface area contributed by atoms with E-state index >= 15 is 0 Å². The number of cyclic esters (lactones) is 1. The van der Waals surface area contributed by atoms with E-state index in [4.69, 9.17) is 4.74 Å². The zero-order chi connectivity index (χ0) is 16.4. The summed E-state index contributed by atoms with van der Waals surface area (Å²) in [7, 11) is -3.28. The van der Waals surface area contributed by atoms with Crippen molar-refractivity contribution in [2.45, 2.75) is 25.5 Å². The molecule has 0 radical (unpaired) electrons. The first kappa shape index (κ1) is 16.0. The van der Waals surface area contributed by atoms with Crippen LogP contribution in [0.1, 0.15) is 18.4 Å². The van der Waals surface area contributed by atoms with E-state index in [1.807, 2.05) is 24.3 Å². The van der Waals surface area contributed by atoms with E-state index in [2.05, 4.69) is 6.58 Å². The van der Waals surface area contributed by atoms with Crippen LogP contribution in [0.5, 0.6) is 0 Å². The van der Waals surface area contributed by atoms with Crippen LogP contribution in [0.4, 0.5) is 10.5 Å². The fourth-order valence-electron chi connectivity index (χ4n) is 3.15. The molecule has 7 heteroatoms. The minimum atomic E-state index is -3.28. The number of ether oxygens (including phenoxy) is 1. The molecule has 0 atom stereocenters. The van der Waals surface area contributed by atoms with Gasteiger partial charge >= 0.3 is 6.09 Å². The molecule has 23 heavy (non-hydrogen) atoms. The fourth-order valence-corrected chi connectivity index (χ4v) is 4.43. The first-order valence-electron chi connectivity index (χ1n) is 7.65. The Morgan fingerprint density at radius 2 is 1.96 bits per heavy atom. The molecule has 2 heterocycles. The van der Waals surface area contributed by atoms with Gasteiger partial charge in [-0.2, -0.15) is 0 Å². The van der Waals surface area contributed by atoms with E-state index in [0.29, 0.717) is 25.9 Å². The summed E-state index contributed by atoms with van der Waals surface area (Å²) >= 11 is 0. The number of sulfonamides is 1. The lowest BCUT2D eigenvalue weighted by Gasteiger charge is -2.39. The van der Waals surface area contributed by atoms with Crippen molar-refractivity contribution in [3.63, 3.8) is 0 Å². The number of carbonyl (C=O) groups excluding carboxylic acids is 1. The summed E-state index contributed by atoms with van der Waals surface area (Å²) in [4.78, 5) is 13.9. The Morgan fingerprint density at radius 1 is 1.26 bits per heavy atom. The quantitative estimate of drug-likeness (QED) is 0.790. The first-order chi connectivity index (χ1) is 11.0. The van der Waals surface area contributed by atoms with Gasteiger partial charge in [-0.05, 0) is 18.9 Å². The molecule has 2 aliphatic heterocycles. The number of anilines is 1. The lowest BCUT2D eigenvalue weighted by atomic mass is 10.0. The molecule has 1 aromatic carbocycles. The molecule has 1 saturated heterocycles. The molecule has 1 amide bonds. The van der Waals surface area contributed by atoms with E-state index in [-0.39, 0.29) is 24.5 Å². The summed E-state index contributed by atoms with van der Waals surface area (Å²) in [5, 5.41) is 0. The number of piperidine rings is 1. The van der Waals surface area contributed by atoms with Crippen molar-refractivity contribution < 1.29 is 17.9 Å². The van der Waals surface area contributed by atoms with Gasteiger partial charge in [-0.1, -0.05) is 24.3 Å². The van der Waals surface area contributed by atoms with Gasteiger partial charge in [0.15, 0.2) is 0 Å². The second-order valence-corrected chi connectivity index (χ2v) is 7.76. The van der Waals surface area contributed by atoms with Gasteiger partial charge in [0.05, 0.1) is 11.4 Å². The minimum absolute atomic E-state index is 0.0425. The number of carbonyl (C=O) groups is 1. The monoisotopic (exact) mass is 336 g/mol. The molecule has 0 unspecified atom stereocenters. The molecule has 6 nitrogen and oxygen atoms in total. The summed E-state index contributed by atoms with van der Waals surface area (Å²) in [5.74, 6) is -0.0493. The molecule has 0 bridgehead atoms. The lowest BCUT2D eigenvalue weighted by molar-refractivity contribution is 0.136. The fraction of sp³-hybridized carbons (Fsp3) is 0.438. The highest BCUT2D eigenvalue weighted by Crippen LogP contribution is 2.32. The third-order valence-electron chi connectivity index (χ3n) is 4.31. The normalized spacial score (nSPS) is 20.0. The molecule has 1 fully saturated rings. The summed E-state index contributed by atoms with van der Waals surface area (Å²) in [5.41, 5.74) is 1.85. The van der Waals surface area contributed by atoms with Crippen molar-refractivity contribution in [3.05, 3.63) is 42.5 Å². The van der Waals surface area contributed by atoms with Gasteiger partial charge in [-0.15, -0.1) is 6.58 Å². The minimum Gasteiger partial charge on any atom is -0.444 e. The summed E-state index contributed by atoms with van der Waals surface area (Å²) in [6.07, 6.45) is 2.25. The topological polar surface area (TPSA) is 66.9 Å². The Labute approximate surface area is 136 Å². The van der Waals surface area contributed by atoms with Gasteiger partial charge in [0.25, 0.3) is 0 Å². The van der Waals surface area contributed by atoms with Gasteiger partial charge in [0, 0.05) is 24.7 Å². The molecule has 2 aliphatic rings. The Balaban J connectivity index is 1.75. The Morgan fingerprint density at radius 3 is 2.65 bits per heavy atom. The highest BCUT2D eigenvalue weighted by Gasteiger charge is 2.36. The van der Waals surface area contributed by atoms with Crippen LogP contribution in [-0.4, -0.2) is 43.7 Å². The zero-order valence-corrected chi connectivity index (χ0v) is 13.7. The van der Waals surface area contributed by atoms with E-state index in [0.717, 1.165) is 11.3 Å². The Hall–Kier alpha value is -1.86. The number of amides is 1. The molecule has 0 aromatic heterocycles. The number of hydrogen-bond acceptors (Lipinski definition) is 4. The SMILES string of the molecule is C=CCS(=O)(=O)N1CCC(N2C(=O)OCc3ccccc32)CC1. The maximum Gasteiger partial charge on any atom is 0.414 e. The predicted molar refractivity (Wildman–Crippen MR) is 87.7 cm³/mol. The standard InChI is InChI=1S/C16H20N2O4S/c1-2-11-23(20,21)17-9-7-14(8-10-17)18-15-6-4-3-5-13(15)12-22-16(18)19/h2-6,14H,1,7-12H2. The number of nitrogens with zero attached hydrogens (tertiary/aromatic N) is 2. The van der Waals surface area contributed by atoms with Gasteiger partial charge in [0.1, 0.15) is 6.61 Å². The zero-order valence-electron chi connectivity index (χ0n) is 12.8. The van der Waals surface area contributed by atoms with Gasteiger partial charge < -0.3 is 4.74 Å². The molecular weight excluding hydrogens is 316 g/mol. The van der Waals surface area contributed by atoms with Crippen molar-refractivity contribution in [3.8, 4) is 0 Å². The average Bonchev–Trinajstić information content (AvgIpc) is 2.55. The Kier molecular flexibility index (Phi) is 4.41. The molecule has 0 aliphatic carbocycles. The smallest absolute Gasteiger partial charge is 0.414 e. The largest absolute Gasteiger partial charge is 0.444 e. The second kappa shape index (κ2) is 6.33. The van der Waals surface area contributed by atoms with Crippen molar-refractivity contribution in [2.24, 2.45) is 0 Å². The van der Waals surface area contributed by atoms with Gasteiger partial charge in [-0.3, -0.25) is 4.90 Å². The first-order valence-corrected chi connectivity index (χ1v) is 9.26. The van der Waals surface area contributed by atoms with Crippen molar-refractivity contribution in [1.82, 2.24) is 4.31 Å². The van der Waals surface area contributed by atoms with Crippen molar-refractivity contribution in [1.29, 1.82) is 0 Å². The van der Waals surface area contributed by atoms with Crippen LogP contribution >= 0.6 is 0 Å². The molecule has 0 N–H and O–H groups in total. The number of hydrogen-bond donors (Lipinski definition) is 0. The third-order valence-corrected chi connectivity index (χ3v) is 6.12. The highest BCUT2D eigenvalue weighted by molar-refractivity contribution is 7.89. The summed E-state index contributed by atoms with van der Waals surface area (Å²) in [6, 6.07) is 7.63. The number of benzene rings is 1. The molecule has 124 valence electrons. The van der Waals surface area contributed by atoms with Crippen LogP contribution in [0.2, 0.25) is 0 Å². The number of fused-ring (bicyclic) bond motifs is 1. The molecule has 0 saturated carbocycles. The van der Waals surface area contributed by atoms with E-state index in [9.17, 15) is 13.2 Å². The van der Waals surface area contributed by atoms with E-state index in [1.54, 1.807) is 4.90 Å². The van der Waals surface area contributed by atoms with Gasteiger partial charge in [0.2, 0.25) is 10.0 Å². The maximum atomic E-state index is 12.2. The van der Waals surface area contributed by atoms with Crippen LogP contribution in [0.15, 0.2) is 36.9 Å². The van der Waals surface area contributed by atoms with Gasteiger partial charge in [-0.25, -0.2) is 17.5 Å². The number of rotatable bonds is 4. The molecule has 3 rings (SSSR count). The van der Waals surface area contributed by atoms with Crippen LogP contribution < -0.4 is 4.90 Å². The van der Waals surface area contributed by atoms with E-state index in [1.165, 1.54) is 10.4 Å². The van der Waals surface area contributed by atoms with Crippen LogP contribution in [0, 0.1) is 0 Å². The summed E-state index contributed by atoms with van der Waals surface area (Å²) in [6.45, 7) is 4.60. The number of para-hydroxylation sites is 1. The molecular formula is C16H20N2O4S. The average molecular weight is 336 g/mol.